The van der Waals surface area contributed by atoms with E-state index in [0.29, 0.717) is 35.7 Å². The number of amides is 2. The van der Waals surface area contributed by atoms with Gasteiger partial charge in [0.1, 0.15) is 0 Å². The number of nitrogens with zero attached hydrogens (tertiary/aromatic N) is 1. The average Bonchev–Trinajstić information content (AvgIpc) is 2.73. The molecule has 7 nitrogen and oxygen atoms in total. The van der Waals surface area contributed by atoms with Gasteiger partial charge < -0.3 is 20.1 Å². The number of ether oxygens (including phenoxy) is 2. The first kappa shape index (κ1) is 23.7. The van der Waals surface area contributed by atoms with Gasteiger partial charge in [0, 0.05) is 25.1 Å². The maximum absolute atomic E-state index is 12.4. The molecule has 0 heterocycles. The van der Waals surface area contributed by atoms with Crippen molar-refractivity contribution < 1.29 is 19.1 Å². The van der Waals surface area contributed by atoms with Crippen molar-refractivity contribution in [3.63, 3.8) is 0 Å². The summed E-state index contributed by atoms with van der Waals surface area (Å²) < 4.78 is 10.5. The van der Waals surface area contributed by atoms with E-state index in [2.05, 4.69) is 10.6 Å². The second-order valence-electron chi connectivity index (χ2n) is 8.04. The quantitative estimate of drug-likeness (QED) is 0.607. The molecular formula is C24H29N3O4. The van der Waals surface area contributed by atoms with E-state index in [9.17, 15) is 9.59 Å². The van der Waals surface area contributed by atoms with E-state index in [1.54, 1.807) is 38.5 Å². The van der Waals surface area contributed by atoms with Gasteiger partial charge in [0.15, 0.2) is 11.5 Å². The summed E-state index contributed by atoms with van der Waals surface area (Å²) in [6, 6.07) is 14.4. The van der Waals surface area contributed by atoms with E-state index in [4.69, 9.17) is 14.7 Å². The van der Waals surface area contributed by atoms with Crippen molar-refractivity contribution in [2.75, 3.05) is 26.1 Å². The molecule has 164 valence electrons. The Labute approximate surface area is 183 Å². The second kappa shape index (κ2) is 11.0. The summed E-state index contributed by atoms with van der Waals surface area (Å²) in [5.41, 5.74) is 1.69. The molecule has 0 aliphatic heterocycles. The predicted octanol–water partition coefficient (Wildman–Crippen LogP) is 3.68. The number of hydrogen-bond donors (Lipinski definition) is 2. The maximum atomic E-state index is 12.4. The highest BCUT2D eigenvalue weighted by atomic mass is 16.5. The summed E-state index contributed by atoms with van der Waals surface area (Å²) in [4.78, 5) is 24.7. The van der Waals surface area contributed by atoms with Crippen molar-refractivity contribution >= 4 is 17.5 Å². The summed E-state index contributed by atoms with van der Waals surface area (Å²) >= 11 is 0. The van der Waals surface area contributed by atoms with Crippen molar-refractivity contribution in [1.29, 1.82) is 5.26 Å². The molecule has 0 aromatic heterocycles. The Kier molecular flexibility index (Phi) is 8.44. The maximum Gasteiger partial charge on any atom is 0.224 e. The molecule has 2 rings (SSSR count). The van der Waals surface area contributed by atoms with E-state index in [0.717, 1.165) is 5.56 Å². The lowest BCUT2D eigenvalue weighted by Crippen LogP contribution is -2.32. The molecule has 0 saturated carbocycles. The van der Waals surface area contributed by atoms with Crippen molar-refractivity contribution in [2.24, 2.45) is 5.41 Å². The zero-order valence-corrected chi connectivity index (χ0v) is 18.5. The number of benzene rings is 2. The third-order valence-electron chi connectivity index (χ3n) is 4.76. The number of methoxy groups -OCH3 is 2. The number of carbonyl (C=O) groups is 2. The molecule has 31 heavy (non-hydrogen) atoms. The molecule has 0 aliphatic rings. The first-order valence-electron chi connectivity index (χ1n) is 10.0. The SMILES string of the molecule is COc1ccc(CCNC(=O)CC(C)(C)CC(=O)Nc2ccc(C#N)cc2)cc1OC. The van der Waals surface area contributed by atoms with Crippen LogP contribution in [0, 0.1) is 16.7 Å². The molecule has 0 atom stereocenters. The van der Waals surface area contributed by atoms with Gasteiger partial charge in [0.05, 0.1) is 25.9 Å². The monoisotopic (exact) mass is 423 g/mol. The fourth-order valence-corrected chi connectivity index (χ4v) is 3.21. The lowest BCUT2D eigenvalue weighted by Gasteiger charge is -2.23. The largest absolute Gasteiger partial charge is 0.493 e. The summed E-state index contributed by atoms with van der Waals surface area (Å²) in [6.07, 6.45) is 1.10. The number of carbonyl (C=O) groups excluding carboxylic acids is 2. The highest BCUT2D eigenvalue weighted by molar-refractivity contribution is 5.91. The highest BCUT2D eigenvalue weighted by Crippen LogP contribution is 2.28. The first-order chi connectivity index (χ1) is 14.8. The molecule has 0 radical (unpaired) electrons. The topological polar surface area (TPSA) is 100 Å². The molecule has 2 N–H and O–H groups in total. The first-order valence-corrected chi connectivity index (χ1v) is 10.0. The Morgan fingerprint density at radius 2 is 1.61 bits per heavy atom. The molecule has 0 spiro atoms. The summed E-state index contributed by atoms with van der Waals surface area (Å²) in [5.74, 6) is 1.04. The molecular weight excluding hydrogens is 394 g/mol. The molecule has 2 amide bonds. The van der Waals surface area contributed by atoms with Crippen LogP contribution in [0.3, 0.4) is 0 Å². The third-order valence-corrected chi connectivity index (χ3v) is 4.76. The van der Waals surface area contributed by atoms with Gasteiger partial charge in [0.25, 0.3) is 0 Å². The van der Waals surface area contributed by atoms with E-state index < -0.39 is 5.41 Å². The molecule has 0 saturated heterocycles. The number of nitrogens with one attached hydrogen (secondary N) is 2. The number of anilines is 1. The van der Waals surface area contributed by atoms with Crippen LogP contribution in [0.25, 0.3) is 0 Å². The fraction of sp³-hybridized carbons (Fsp3) is 0.375. The van der Waals surface area contributed by atoms with Crippen LogP contribution < -0.4 is 20.1 Å². The van der Waals surface area contributed by atoms with Crippen molar-refractivity contribution in [3.8, 4) is 17.6 Å². The van der Waals surface area contributed by atoms with Gasteiger partial charge in [-0.15, -0.1) is 0 Å². The number of nitriles is 1. The lowest BCUT2D eigenvalue weighted by molar-refractivity contribution is -0.124. The molecule has 0 unspecified atom stereocenters. The van der Waals surface area contributed by atoms with Gasteiger partial charge in [-0.05, 0) is 53.8 Å². The molecule has 0 aliphatic carbocycles. The summed E-state index contributed by atoms with van der Waals surface area (Å²) in [6.45, 7) is 4.26. The van der Waals surface area contributed by atoms with Crippen LogP contribution in [-0.2, 0) is 16.0 Å². The average molecular weight is 424 g/mol. The van der Waals surface area contributed by atoms with E-state index in [1.807, 2.05) is 38.1 Å². The van der Waals surface area contributed by atoms with Gasteiger partial charge in [-0.3, -0.25) is 9.59 Å². The lowest BCUT2D eigenvalue weighted by atomic mass is 9.85. The number of rotatable bonds is 10. The minimum absolute atomic E-state index is 0.100. The Bertz CT molecular complexity index is 946. The Hall–Kier alpha value is -3.53. The van der Waals surface area contributed by atoms with Crippen LogP contribution in [0.2, 0.25) is 0 Å². The zero-order chi connectivity index (χ0) is 22.9. The molecule has 0 bridgehead atoms. The third kappa shape index (κ3) is 7.67. The predicted molar refractivity (Wildman–Crippen MR) is 119 cm³/mol. The minimum Gasteiger partial charge on any atom is -0.493 e. The smallest absolute Gasteiger partial charge is 0.224 e. The van der Waals surface area contributed by atoms with Crippen LogP contribution in [-0.4, -0.2) is 32.6 Å². The summed E-state index contributed by atoms with van der Waals surface area (Å²) in [7, 11) is 3.17. The Morgan fingerprint density at radius 1 is 0.968 bits per heavy atom. The van der Waals surface area contributed by atoms with Gasteiger partial charge in [0.2, 0.25) is 11.8 Å². The van der Waals surface area contributed by atoms with Gasteiger partial charge >= 0.3 is 0 Å². The van der Waals surface area contributed by atoms with Crippen LogP contribution in [0.4, 0.5) is 5.69 Å². The van der Waals surface area contributed by atoms with Crippen molar-refractivity contribution in [3.05, 3.63) is 53.6 Å². The summed E-state index contributed by atoms with van der Waals surface area (Å²) in [5, 5.41) is 14.6. The Morgan fingerprint density at radius 3 is 2.23 bits per heavy atom. The van der Waals surface area contributed by atoms with Crippen molar-refractivity contribution in [1.82, 2.24) is 5.32 Å². The highest BCUT2D eigenvalue weighted by Gasteiger charge is 2.25. The Balaban J connectivity index is 1.79. The van der Waals surface area contributed by atoms with Crippen molar-refractivity contribution in [2.45, 2.75) is 33.1 Å². The standard InChI is InChI=1S/C24H29N3O4/c1-24(2,15-23(29)27-19-8-5-18(16-25)6-9-19)14-22(28)26-12-11-17-7-10-20(30-3)21(13-17)31-4/h5-10,13H,11-12,14-15H2,1-4H3,(H,26,28)(H,27,29). The molecule has 7 heteroatoms. The van der Waals surface area contributed by atoms with Crippen LogP contribution >= 0.6 is 0 Å². The molecule has 2 aromatic rings. The normalized spacial score (nSPS) is 10.7. The second-order valence-corrected chi connectivity index (χ2v) is 8.04. The fourth-order valence-electron chi connectivity index (χ4n) is 3.21. The number of hydrogen-bond acceptors (Lipinski definition) is 5. The minimum atomic E-state index is -0.496. The van der Waals surface area contributed by atoms with Gasteiger partial charge in [-0.25, -0.2) is 0 Å². The van der Waals surface area contributed by atoms with Crippen LogP contribution in [0.5, 0.6) is 11.5 Å². The van der Waals surface area contributed by atoms with Crippen LogP contribution in [0.15, 0.2) is 42.5 Å². The van der Waals surface area contributed by atoms with E-state index >= 15 is 0 Å². The van der Waals surface area contributed by atoms with Crippen LogP contribution in [0.1, 0.15) is 37.8 Å². The van der Waals surface area contributed by atoms with E-state index in [1.165, 1.54) is 0 Å². The van der Waals surface area contributed by atoms with E-state index in [-0.39, 0.29) is 24.7 Å². The molecule has 0 fully saturated rings. The molecule has 2 aromatic carbocycles. The van der Waals surface area contributed by atoms with Gasteiger partial charge in [-0.2, -0.15) is 5.26 Å². The zero-order valence-electron chi connectivity index (χ0n) is 18.5. The van der Waals surface area contributed by atoms with Gasteiger partial charge in [-0.1, -0.05) is 19.9 Å².